The van der Waals surface area contributed by atoms with Crippen LogP contribution < -0.4 is 5.32 Å². The molecule has 1 N–H and O–H groups in total. The lowest BCUT2D eigenvalue weighted by molar-refractivity contribution is -0.133. The van der Waals surface area contributed by atoms with E-state index in [1.807, 2.05) is 27.8 Å². The van der Waals surface area contributed by atoms with Crippen molar-refractivity contribution in [3.8, 4) is 6.07 Å². The van der Waals surface area contributed by atoms with Crippen LogP contribution >= 0.6 is 23.2 Å². The van der Waals surface area contributed by atoms with E-state index in [0.29, 0.717) is 35.4 Å². The minimum Gasteiger partial charge on any atom is -0.337 e. The molecule has 3 heterocycles. The molecule has 0 unspecified atom stereocenters. The van der Waals surface area contributed by atoms with Crippen LogP contribution in [0.1, 0.15) is 42.5 Å². The zero-order valence-electron chi connectivity index (χ0n) is 18.7. The van der Waals surface area contributed by atoms with Crippen molar-refractivity contribution in [3.05, 3.63) is 69.3 Å². The molecule has 3 aromatic rings. The number of aromatic nitrogens is 2. The molecule has 2 aliphatic rings. The van der Waals surface area contributed by atoms with Gasteiger partial charge in [-0.1, -0.05) is 47.8 Å². The molecule has 174 valence electrons. The van der Waals surface area contributed by atoms with E-state index in [4.69, 9.17) is 23.2 Å². The highest BCUT2D eigenvalue weighted by Crippen LogP contribution is 2.29. The molecular formula is C26H25Cl2N5O. The van der Waals surface area contributed by atoms with Crippen molar-refractivity contribution in [3.63, 3.8) is 0 Å². The molecule has 0 saturated carbocycles. The molecule has 34 heavy (non-hydrogen) atoms. The van der Waals surface area contributed by atoms with Crippen molar-refractivity contribution >= 4 is 45.6 Å². The number of hydrogen-bond donors (Lipinski definition) is 1. The zero-order valence-corrected chi connectivity index (χ0v) is 20.2. The van der Waals surface area contributed by atoms with E-state index in [1.165, 1.54) is 5.57 Å². The number of carbonyl (C=O) groups is 1. The Morgan fingerprint density at radius 1 is 1.21 bits per heavy atom. The molecule has 2 aromatic carbocycles. The lowest BCUT2D eigenvalue weighted by Gasteiger charge is -2.32. The molecule has 6 nitrogen and oxygen atoms in total. The summed E-state index contributed by atoms with van der Waals surface area (Å²) in [6.45, 7) is 2.69. The van der Waals surface area contributed by atoms with Gasteiger partial charge in [-0.15, -0.1) is 0 Å². The predicted octanol–water partition coefficient (Wildman–Crippen LogP) is 5.02. The average Bonchev–Trinajstić information content (AvgIpc) is 3.22. The van der Waals surface area contributed by atoms with Crippen LogP contribution in [0.25, 0.3) is 16.5 Å². The van der Waals surface area contributed by atoms with Gasteiger partial charge in [0.2, 0.25) is 5.91 Å². The van der Waals surface area contributed by atoms with E-state index in [2.05, 4.69) is 28.6 Å². The van der Waals surface area contributed by atoms with Gasteiger partial charge in [-0.25, -0.2) is 0 Å². The van der Waals surface area contributed by atoms with Crippen LogP contribution in [-0.2, 0) is 11.3 Å². The molecule has 1 fully saturated rings. The number of nitrogens with one attached hydrogen (secondary N) is 1. The second-order valence-corrected chi connectivity index (χ2v) is 9.70. The Hall–Kier alpha value is -2.85. The Bertz CT molecular complexity index is 1320. The Labute approximate surface area is 208 Å². The van der Waals surface area contributed by atoms with Gasteiger partial charge in [-0.2, -0.15) is 10.4 Å². The van der Waals surface area contributed by atoms with Crippen LogP contribution in [0.2, 0.25) is 10.0 Å². The first kappa shape index (κ1) is 22.9. The van der Waals surface area contributed by atoms with Gasteiger partial charge in [-0.05, 0) is 66.8 Å². The van der Waals surface area contributed by atoms with Gasteiger partial charge >= 0.3 is 0 Å². The Balaban J connectivity index is 1.40. The molecule has 0 bridgehead atoms. The maximum atomic E-state index is 12.8. The Morgan fingerprint density at radius 2 is 2.09 bits per heavy atom. The molecule has 1 saturated heterocycles. The van der Waals surface area contributed by atoms with Crippen molar-refractivity contribution < 1.29 is 4.79 Å². The molecule has 0 radical (unpaired) electrons. The maximum Gasteiger partial charge on any atom is 0.239 e. The summed E-state index contributed by atoms with van der Waals surface area (Å²) in [5.41, 5.74) is 4.45. The van der Waals surface area contributed by atoms with Gasteiger partial charge in [0.25, 0.3) is 0 Å². The summed E-state index contributed by atoms with van der Waals surface area (Å²) in [6, 6.07) is 13.6. The van der Waals surface area contributed by atoms with E-state index in [9.17, 15) is 10.1 Å². The fraction of sp³-hybridized carbons (Fsp3) is 0.346. The molecule has 1 amide bonds. The van der Waals surface area contributed by atoms with Gasteiger partial charge in [0.05, 0.1) is 18.1 Å². The summed E-state index contributed by atoms with van der Waals surface area (Å²) in [6.07, 6.45) is 6.12. The zero-order chi connectivity index (χ0) is 23.7. The minimum absolute atomic E-state index is 0.0431. The number of amides is 1. The number of nitriles is 1. The van der Waals surface area contributed by atoms with Crippen LogP contribution in [0.15, 0.2) is 42.5 Å². The number of nitrogens with zero attached hydrogens (tertiary/aromatic N) is 4. The third kappa shape index (κ3) is 4.56. The van der Waals surface area contributed by atoms with Gasteiger partial charge in [0.1, 0.15) is 6.07 Å². The third-order valence-electron chi connectivity index (χ3n) is 6.69. The first-order valence-corrected chi connectivity index (χ1v) is 12.4. The summed E-state index contributed by atoms with van der Waals surface area (Å²) < 4.78 is 1.82. The monoisotopic (exact) mass is 493 g/mol. The van der Waals surface area contributed by atoms with Crippen LogP contribution in [0.3, 0.4) is 0 Å². The van der Waals surface area contributed by atoms with Crippen LogP contribution in [0, 0.1) is 11.3 Å². The van der Waals surface area contributed by atoms with Crippen molar-refractivity contribution in [2.24, 2.45) is 0 Å². The fourth-order valence-electron chi connectivity index (χ4n) is 4.80. The van der Waals surface area contributed by atoms with E-state index in [0.717, 1.165) is 54.3 Å². The van der Waals surface area contributed by atoms with E-state index in [-0.39, 0.29) is 11.9 Å². The Kier molecular flexibility index (Phi) is 6.60. The fourth-order valence-corrected chi connectivity index (χ4v) is 5.27. The number of piperidine rings is 1. The topological polar surface area (TPSA) is 74.0 Å². The first-order valence-electron chi connectivity index (χ1n) is 11.6. The maximum absolute atomic E-state index is 12.8. The van der Waals surface area contributed by atoms with Gasteiger partial charge < -0.3 is 10.2 Å². The molecular weight excluding hydrogens is 469 g/mol. The Morgan fingerprint density at radius 3 is 2.79 bits per heavy atom. The summed E-state index contributed by atoms with van der Waals surface area (Å²) >= 11 is 12.4. The summed E-state index contributed by atoms with van der Waals surface area (Å²) in [4.78, 5) is 14.8. The average molecular weight is 494 g/mol. The highest BCUT2D eigenvalue weighted by Gasteiger charge is 2.27. The highest BCUT2D eigenvalue weighted by atomic mass is 35.5. The number of hydrogen-bond acceptors (Lipinski definition) is 4. The number of halogens is 2. The largest absolute Gasteiger partial charge is 0.337 e. The lowest BCUT2D eigenvalue weighted by atomic mass is 9.97. The van der Waals surface area contributed by atoms with Gasteiger partial charge in [-0.3, -0.25) is 9.48 Å². The lowest BCUT2D eigenvalue weighted by Crippen LogP contribution is -2.49. The van der Waals surface area contributed by atoms with Crippen molar-refractivity contribution in [1.82, 2.24) is 20.0 Å². The second-order valence-electron chi connectivity index (χ2n) is 8.85. The molecule has 5 rings (SSSR count). The summed E-state index contributed by atoms with van der Waals surface area (Å²) in [7, 11) is 0. The van der Waals surface area contributed by atoms with Crippen molar-refractivity contribution in [1.29, 1.82) is 5.26 Å². The van der Waals surface area contributed by atoms with Gasteiger partial charge in [0.15, 0.2) is 5.69 Å². The molecule has 0 spiro atoms. The number of benzene rings is 2. The number of fused-ring (bicyclic) bond motifs is 1. The molecule has 1 atom stereocenters. The SMILES string of the molecule is N#Cc1nn(Cc2ccc(Cl)cc2Cl)c2cc(C3=CCN(C(=O)[C@H]4CCCCN4)CC3)ccc12. The minimum atomic E-state index is -0.0431. The molecule has 2 aliphatic heterocycles. The standard InChI is InChI=1S/C26H25Cl2N5O/c27-20-6-4-19(22(28)14-20)16-33-25-13-18(5-7-21(25)24(15-29)31-33)17-8-11-32(12-9-17)26(34)23-3-1-2-10-30-23/h4-8,13-14,23,30H,1-3,9-12,16H2/t23-/m1/s1. The van der Waals surface area contributed by atoms with E-state index >= 15 is 0 Å². The normalized spacial score (nSPS) is 18.6. The first-order chi connectivity index (χ1) is 16.5. The van der Waals surface area contributed by atoms with E-state index in [1.54, 1.807) is 12.1 Å². The smallest absolute Gasteiger partial charge is 0.239 e. The van der Waals surface area contributed by atoms with Crippen molar-refractivity contribution in [2.45, 2.75) is 38.3 Å². The second kappa shape index (κ2) is 9.79. The number of rotatable bonds is 4. The molecule has 1 aromatic heterocycles. The van der Waals surface area contributed by atoms with Crippen LogP contribution in [-0.4, -0.2) is 46.3 Å². The molecule has 0 aliphatic carbocycles. The summed E-state index contributed by atoms with van der Waals surface area (Å²) in [5, 5.41) is 19.4. The van der Waals surface area contributed by atoms with Crippen LogP contribution in [0.5, 0.6) is 0 Å². The van der Waals surface area contributed by atoms with E-state index < -0.39 is 0 Å². The predicted molar refractivity (Wildman–Crippen MR) is 135 cm³/mol. The van der Waals surface area contributed by atoms with Crippen LogP contribution in [0.4, 0.5) is 0 Å². The third-order valence-corrected chi connectivity index (χ3v) is 7.28. The summed E-state index contributed by atoms with van der Waals surface area (Å²) in [5.74, 6) is 0.210. The molecule has 8 heteroatoms. The van der Waals surface area contributed by atoms with Crippen molar-refractivity contribution in [2.75, 3.05) is 19.6 Å². The quantitative estimate of drug-likeness (QED) is 0.553. The number of carbonyl (C=O) groups excluding carboxylic acids is 1. The van der Waals surface area contributed by atoms with Gasteiger partial charge in [0, 0.05) is 28.5 Å². The highest BCUT2D eigenvalue weighted by molar-refractivity contribution is 6.35.